The van der Waals surface area contributed by atoms with Crippen LogP contribution in [0.1, 0.15) is 0 Å². The van der Waals surface area contributed by atoms with Crippen LogP contribution in [0.4, 0.5) is 5.69 Å². The molecule has 0 saturated heterocycles. The molecule has 0 atom stereocenters. The predicted molar refractivity (Wildman–Crippen MR) is 58.5 cm³/mol. The van der Waals surface area contributed by atoms with Crippen molar-refractivity contribution in [2.75, 3.05) is 0 Å². The van der Waals surface area contributed by atoms with Gasteiger partial charge in [-0.3, -0.25) is 10.1 Å². The SMILES string of the molecule is O=[N+]([O-])c1ccc(-c2cn3ccc[n+]3[n-]2)cc1. The third kappa shape index (κ3) is 1.55. The van der Waals surface area contributed by atoms with Crippen LogP contribution in [0.3, 0.4) is 0 Å². The fourth-order valence-corrected chi connectivity index (χ4v) is 1.68. The third-order valence-corrected chi connectivity index (χ3v) is 2.53. The molecule has 0 unspecified atom stereocenters. The van der Waals surface area contributed by atoms with Gasteiger partial charge in [0.25, 0.3) is 5.69 Å². The van der Waals surface area contributed by atoms with Gasteiger partial charge in [-0.1, -0.05) is 0 Å². The van der Waals surface area contributed by atoms with Gasteiger partial charge >= 0.3 is 0 Å². The van der Waals surface area contributed by atoms with Crippen molar-refractivity contribution in [3.05, 3.63) is 59.0 Å². The first-order chi connectivity index (χ1) is 8.24. The van der Waals surface area contributed by atoms with Crippen LogP contribution in [0.25, 0.3) is 11.3 Å². The van der Waals surface area contributed by atoms with Gasteiger partial charge in [-0.2, -0.15) is 5.10 Å². The lowest BCUT2D eigenvalue weighted by Crippen LogP contribution is -2.28. The second kappa shape index (κ2) is 3.44. The first-order valence-corrected chi connectivity index (χ1v) is 5.01. The number of nitro benzene ring substituents is 1. The van der Waals surface area contributed by atoms with E-state index < -0.39 is 4.92 Å². The van der Waals surface area contributed by atoms with Gasteiger partial charge in [0.15, 0.2) is 6.20 Å². The van der Waals surface area contributed by atoms with E-state index in [4.69, 9.17) is 0 Å². The Hall–Kier alpha value is -2.63. The molecule has 0 radical (unpaired) electrons. The topological polar surface area (TPSA) is 65.8 Å². The number of nitro groups is 1. The van der Waals surface area contributed by atoms with Crippen molar-refractivity contribution in [3.8, 4) is 11.3 Å². The zero-order chi connectivity index (χ0) is 11.8. The summed E-state index contributed by atoms with van der Waals surface area (Å²) in [6.07, 6.45) is 5.57. The summed E-state index contributed by atoms with van der Waals surface area (Å²) < 4.78 is 3.52. The predicted octanol–water partition coefficient (Wildman–Crippen LogP) is 1.06. The summed E-state index contributed by atoms with van der Waals surface area (Å²) in [6.45, 7) is 0. The summed E-state index contributed by atoms with van der Waals surface area (Å²) in [6, 6.07) is 8.22. The van der Waals surface area contributed by atoms with Gasteiger partial charge in [-0.05, 0) is 30.1 Å². The van der Waals surface area contributed by atoms with Crippen LogP contribution in [-0.4, -0.2) is 9.44 Å². The highest BCUT2D eigenvalue weighted by Crippen LogP contribution is 2.19. The Morgan fingerprint density at radius 3 is 2.71 bits per heavy atom. The molecule has 0 aliphatic heterocycles. The molecule has 0 amide bonds. The fourth-order valence-electron chi connectivity index (χ4n) is 1.68. The summed E-state index contributed by atoms with van der Waals surface area (Å²) in [7, 11) is 0. The Bertz CT molecular complexity index is 652. The second-order valence-corrected chi connectivity index (χ2v) is 3.61. The van der Waals surface area contributed by atoms with Crippen LogP contribution in [0, 0.1) is 10.1 Å². The van der Waals surface area contributed by atoms with Crippen molar-refractivity contribution < 1.29 is 9.55 Å². The molecule has 2 aromatic heterocycles. The third-order valence-electron chi connectivity index (χ3n) is 2.53. The van der Waals surface area contributed by atoms with Crippen molar-refractivity contribution in [2.24, 2.45) is 0 Å². The Balaban J connectivity index is 2.03. The maximum Gasteiger partial charge on any atom is 0.269 e. The molecule has 17 heavy (non-hydrogen) atoms. The first-order valence-electron chi connectivity index (χ1n) is 5.01. The number of benzene rings is 1. The van der Waals surface area contributed by atoms with Crippen molar-refractivity contribution in [1.29, 1.82) is 0 Å². The Morgan fingerprint density at radius 1 is 1.29 bits per heavy atom. The number of aromatic nitrogens is 3. The Morgan fingerprint density at radius 2 is 2.06 bits per heavy atom. The van der Waals surface area contributed by atoms with E-state index in [0.29, 0.717) is 0 Å². The van der Waals surface area contributed by atoms with E-state index >= 15 is 0 Å². The van der Waals surface area contributed by atoms with E-state index in [1.165, 1.54) is 12.1 Å². The highest BCUT2D eigenvalue weighted by atomic mass is 16.6. The maximum absolute atomic E-state index is 10.5. The van der Waals surface area contributed by atoms with E-state index in [1.807, 2.05) is 29.2 Å². The van der Waals surface area contributed by atoms with Gasteiger partial charge in [-0.25, -0.2) is 4.52 Å². The highest BCUT2D eigenvalue weighted by molar-refractivity contribution is 5.59. The lowest BCUT2D eigenvalue weighted by molar-refractivity contribution is -0.676. The van der Waals surface area contributed by atoms with E-state index in [2.05, 4.69) is 5.10 Å². The highest BCUT2D eigenvalue weighted by Gasteiger charge is 2.06. The molecule has 0 fully saturated rings. The van der Waals surface area contributed by atoms with E-state index in [-0.39, 0.29) is 5.69 Å². The molecule has 0 spiro atoms. The van der Waals surface area contributed by atoms with Gasteiger partial charge in [0, 0.05) is 23.9 Å². The number of hydrogen-bond donors (Lipinski definition) is 0. The standard InChI is InChI=1S/C11H8N4O2/c16-15(17)10-4-2-9(3-5-10)11-8-13-6-1-7-14(13)12-11/h1-8H. The van der Waals surface area contributed by atoms with E-state index in [0.717, 1.165) is 11.3 Å². The van der Waals surface area contributed by atoms with Crippen LogP contribution < -0.4 is 9.73 Å². The van der Waals surface area contributed by atoms with Crippen molar-refractivity contribution in [1.82, 2.24) is 9.61 Å². The largest absolute Gasteiger partial charge is 0.269 e. The molecular formula is C11H8N4O2. The summed E-state index contributed by atoms with van der Waals surface area (Å²) >= 11 is 0. The van der Waals surface area contributed by atoms with Gasteiger partial charge in [-0.15, -0.1) is 4.63 Å². The van der Waals surface area contributed by atoms with Crippen LogP contribution in [0.5, 0.6) is 0 Å². The first kappa shape index (κ1) is 9.59. The lowest BCUT2D eigenvalue weighted by Gasteiger charge is -1.96. The average Bonchev–Trinajstić information content (AvgIpc) is 2.89. The Labute approximate surface area is 95.9 Å². The fraction of sp³-hybridized carbons (Fsp3) is 0. The minimum atomic E-state index is -0.414. The van der Waals surface area contributed by atoms with Crippen LogP contribution in [0.2, 0.25) is 0 Å². The molecule has 3 aromatic rings. The number of hydrogen-bond acceptors (Lipinski definition) is 2. The molecule has 2 heterocycles. The molecule has 0 aliphatic carbocycles. The van der Waals surface area contributed by atoms with Crippen LogP contribution in [-0.2, 0) is 0 Å². The normalized spacial score (nSPS) is 10.8. The van der Waals surface area contributed by atoms with Crippen LogP contribution >= 0.6 is 0 Å². The summed E-state index contributed by atoms with van der Waals surface area (Å²) in [5, 5.41) is 14.9. The molecule has 6 nitrogen and oxygen atoms in total. The van der Waals surface area contributed by atoms with Crippen molar-refractivity contribution >= 4 is 5.69 Å². The summed E-state index contributed by atoms with van der Waals surface area (Å²) in [5.74, 6) is 0. The molecular weight excluding hydrogens is 220 g/mol. The smallest absolute Gasteiger partial charge is 0.258 e. The summed E-state index contributed by atoms with van der Waals surface area (Å²) in [5.41, 5.74) is 1.71. The quantitative estimate of drug-likeness (QED) is 0.374. The Kier molecular flexibility index (Phi) is 1.94. The molecule has 6 heteroatoms. The molecule has 0 saturated carbocycles. The van der Waals surface area contributed by atoms with Crippen LogP contribution in [0.15, 0.2) is 48.9 Å². The summed E-state index contributed by atoms with van der Waals surface area (Å²) in [4.78, 5) is 10.1. The molecule has 0 bridgehead atoms. The number of rotatable bonds is 2. The molecule has 0 N–H and O–H groups in total. The molecule has 3 rings (SSSR count). The number of non-ortho nitro benzene ring substituents is 1. The zero-order valence-corrected chi connectivity index (χ0v) is 8.72. The van der Waals surface area contributed by atoms with Gasteiger partial charge in [0.05, 0.1) is 4.92 Å². The molecule has 1 aromatic carbocycles. The average molecular weight is 228 g/mol. The molecule has 0 aliphatic rings. The van der Waals surface area contributed by atoms with Gasteiger partial charge in [0.2, 0.25) is 0 Å². The van der Waals surface area contributed by atoms with Crippen molar-refractivity contribution in [2.45, 2.75) is 0 Å². The second-order valence-electron chi connectivity index (χ2n) is 3.61. The van der Waals surface area contributed by atoms with Gasteiger partial charge in [0.1, 0.15) is 0 Å². The van der Waals surface area contributed by atoms with Crippen molar-refractivity contribution in [3.63, 3.8) is 0 Å². The number of fused-ring (bicyclic) bond motifs is 1. The van der Waals surface area contributed by atoms with Gasteiger partial charge < -0.3 is 0 Å². The monoisotopic (exact) mass is 228 g/mol. The molecule has 84 valence electrons. The lowest BCUT2D eigenvalue weighted by atomic mass is 10.1. The van der Waals surface area contributed by atoms with E-state index in [9.17, 15) is 10.1 Å². The van der Waals surface area contributed by atoms with E-state index in [1.54, 1.807) is 16.8 Å². The zero-order valence-electron chi connectivity index (χ0n) is 8.72. The minimum absolute atomic E-state index is 0.0830. The minimum Gasteiger partial charge on any atom is -0.258 e. The maximum atomic E-state index is 10.5. The number of nitrogens with zero attached hydrogens (tertiary/aromatic N) is 4.